The van der Waals surface area contributed by atoms with Crippen LogP contribution in [0.5, 0.6) is 0 Å². The molecule has 1 saturated heterocycles. The number of nitrogens with one attached hydrogen (secondary N) is 2. The Morgan fingerprint density at radius 3 is 3.29 bits per heavy atom. The van der Waals surface area contributed by atoms with Crippen LogP contribution < -0.4 is 10.6 Å². The van der Waals surface area contributed by atoms with Crippen molar-refractivity contribution >= 4 is 11.3 Å². The van der Waals surface area contributed by atoms with Gasteiger partial charge in [0.25, 0.3) is 0 Å². The van der Waals surface area contributed by atoms with Gasteiger partial charge in [0.15, 0.2) is 0 Å². The molecule has 0 radical (unpaired) electrons. The molecular formula is C10H17N3S. The Kier molecular flexibility index (Phi) is 3.50. The molecule has 0 aliphatic carbocycles. The minimum absolute atomic E-state index is 0.816. The standard InChI is InChI=1S/C10H17N3S/c1-8-7-14-10(13-8)6-12-5-9-2-3-11-4-9/h7,9,11-12H,2-6H2,1H3. The fourth-order valence-electron chi connectivity index (χ4n) is 1.76. The van der Waals surface area contributed by atoms with Gasteiger partial charge in [-0.3, -0.25) is 0 Å². The largest absolute Gasteiger partial charge is 0.316 e. The van der Waals surface area contributed by atoms with E-state index in [-0.39, 0.29) is 0 Å². The van der Waals surface area contributed by atoms with Gasteiger partial charge >= 0.3 is 0 Å². The van der Waals surface area contributed by atoms with Crippen molar-refractivity contribution in [1.82, 2.24) is 15.6 Å². The highest BCUT2D eigenvalue weighted by Gasteiger charge is 2.13. The summed E-state index contributed by atoms with van der Waals surface area (Å²) in [6, 6.07) is 0. The second-order valence-electron chi connectivity index (χ2n) is 3.87. The molecule has 1 aromatic rings. The normalized spacial score (nSPS) is 21.6. The van der Waals surface area contributed by atoms with E-state index in [2.05, 4.69) is 21.0 Å². The lowest BCUT2D eigenvalue weighted by Gasteiger charge is -2.08. The van der Waals surface area contributed by atoms with Crippen molar-refractivity contribution in [2.75, 3.05) is 19.6 Å². The Morgan fingerprint density at radius 1 is 1.71 bits per heavy atom. The SMILES string of the molecule is Cc1csc(CNCC2CCNC2)n1. The molecule has 78 valence electrons. The molecule has 4 heteroatoms. The lowest BCUT2D eigenvalue weighted by atomic mass is 10.1. The van der Waals surface area contributed by atoms with Crippen LogP contribution in [0.3, 0.4) is 0 Å². The fourth-order valence-corrected chi connectivity index (χ4v) is 2.50. The molecule has 2 N–H and O–H groups in total. The van der Waals surface area contributed by atoms with Crippen molar-refractivity contribution in [2.24, 2.45) is 5.92 Å². The van der Waals surface area contributed by atoms with Crippen LogP contribution in [0.25, 0.3) is 0 Å². The molecule has 1 aliphatic heterocycles. The summed E-state index contributed by atoms with van der Waals surface area (Å²) in [4.78, 5) is 4.42. The first-order valence-corrected chi connectivity index (χ1v) is 6.05. The predicted octanol–water partition coefficient (Wildman–Crippen LogP) is 1.15. The summed E-state index contributed by atoms with van der Waals surface area (Å²) in [6.07, 6.45) is 1.31. The van der Waals surface area contributed by atoms with E-state index in [0.29, 0.717) is 0 Å². The van der Waals surface area contributed by atoms with Gasteiger partial charge in [0.1, 0.15) is 5.01 Å². The molecule has 2 rings (SSSR count). The van der Waals surface area contributed by atoms with Crippen molar-refractivity contribution in [3.05, 3.63) is 16.1 Å². The molecule has 0 aromatic carbocycles. The minimum atomic E-state index is 0.816. The van der Waals surface area contributed by atoms with E-state index in [1.807, 2.05) is 6.92 Å². The van der Waals surface area contributed by atoms with Gasteiger partial charge in [-0.2, -0.15) is 0 Å². The molecular weight excluding hydrogens is 194 g/mol. The Morgan fingerprint density at radius 2 is 2.64 bits per heavy atom. The zero-order chi connectivity index (χ0) is 9.80. The van der Waals surface area contributed by atoms with E-state index in [1.54, 1.807) is 11.3 Å². The van der Waals surface area contributed by atoms with Crippen molar-refractivity contribution in [3.63, 3.8) is 0 Å². The van der Waals surface area contributed by atoms with Gasteiger partial charge in [0.05, 0.1) is 0 Å². The summed E-state index contributed by atoms with van der Waals surface area (Å²) in [5, 5.41) is 10.1. The van der Waals surface area contributed by atoms with Gasteiger partial charge in [-0.15, -0.1) is 11.3 Å². The minimum Gasteiger partial charge on any atom is -0.316 e. The molecule has 14 heavy (non-hydrogen) atoms. The van der Waals surface area contributed by atoms with E-state index in [9.17, 15) is 0 Å². The average molecular weight is 211 g/mol. The molecule has 3 nitrogen and oxygen atoms in total. The van der Waals surface area contributed by atoms with Crippen LogP contribution >= 0.6 is 11.3 Å². The highest BCUT2D eigenvalue weighted by atomic mass is 32.1. The van der Waals surface area contributed by atoms with E-state index >= 15 is 0 Å². The summed E-state index contributed by atoms with van der Waals surface area (Å²) < 4.78 is 0. The molecule has 0 spiro atoms. The van der Waals surface area contributed by atoms with Crippen LogP contribution in [0.4, 0.5) is 0 Å². The third kappa shape index (κ3) is 2.77. The maximum Gasteiger partial charge on any atom is 0.107 e. The first-order valence-electron chi connectivity index (χ1n) is 5.17. The van der Waals surface area contributed by atoms with Crippen molar-refractivity contribution < 1.29 is 0 Å². The maximum atomic E-state index is 4.42. The monoisotopic (exact) mass is 211 g/mol. The van der Waals surface area contributed by atoms with E-state index in [4.69, 9.17) is 0 Å². The van der Waals surface area contributed by atoms with E-state index < -0.39 is 0 Å². The lowest BCUT2D eigenvalue weighted by molar-refractivity contribution is 0.512. The second-order valence-corrected chi connectivity index (χ2v) is 4.82. The highest BCUT2D eigenvalue weighted by Crippen LogP contribution is 2.09. The van der Waals surface area contributed by atoms with Crippen molar-refractivity contribution in [1.29, 1.82) is 0 Å². The first kappa shape index (κ1) is 10.1. The maximum absolute atomic E-state index is 4.42. The molecule has 1 atom stereocenters. The van der Waals surface area contributed by atoms with Gasteiger partial charge in [-0.1, -0.05) is 0 Å². The van der Waals surface area contributed by atoms with Gasteiger partial charge in [0, 0.05) is 17.6 Å². The number of hydrogen-bond acceptors (Lipinski definition) is 4. The number of thiazole rings is 1. The van der Waals surface area contributed by atoms with Crippen LogP contribution in [-0.2, 0) is 6.54 Å². The fraction of sp³-hybridized carbons (Fsp3) is 0.700. The number of hydrogen-bond donors (Lipinski definition) is 2. The molecule has 1 fully saturated rings. The Bertz CT molecular complexity index is 279. The quantitative estimate of drug-likeness (QED) is 0.784. The number of nitrogens with zero attached hydrogens (tertiary/aromatic N) is 1. The molecule has 0 amide bonds. The summed E-state index contributed by atoms with van der Waals surface area (Å²) >= 11 is 1.74. The van der Waals surface area contributed by atoms with E-state index in [1.165, 1.54) is 24.5 Å². The zero-order valence-corrected chi connectivity index (χ0v) is 9.36. The number of aryl methyl sites for hydroxylation is 1. The topological polar surface area (TPSA) is 37.0 Å². The zero-order valence-electron chi connectivity index (χ0n) is 8.55. The summed E-state index contributed by atoms with van der Waals surface area (Å²) in [7, 11) is 0. The molecule has 2 heterocycles. The Balaban J connectivity index is 1.67. The van der Waals surface area contributed by atoms with Crippen LogP contribution in [0.2, 0.25) is 0 Å². The molecule has 0 saturated carbocycles. The number of aromatic nitrogens is 1. The van der Waals surface area contributed by atoms with Gasteiger partial charge in [-0.05, 0) is 38.9 Å². The third-order valence-electron chi connectivity index (χ3n) is 2.54. The Hall–Kier alpha value is -0.450. The van der Waals surface area contributed by atoms with Crippen LogP contribution in [0.1, 0.15) is 17.1 Å². The van der Waals surface area contributed by atoms with Crippen LogP contribution in [0.15, 0.2) is 5.38 Å². The first-order chi connectivity index (χ1) is 6.84. The molecule has 0 bridgehead atoms. The predicted molar refractivity (Wildman–Crippen MR) is 59.5 cm³/mol. The Labute approximate surface area is 88.9 Å². The molecule has 1 aliphatic rings. The van der Waals surface area contributed by atoms with Gasteiger partial charge in [-0.25, -0.2) is 4.98 Å². The van der Waals surface area contributed by atoms with Gasteiger partial charge < -0.3 is 10.6 Å². The summed E-state index contributed by atoms with van der Waals surface area (Å²) in [5.74, 6) is 0.816. The summed E-state index contributed by atoms with van der Waals surface area (Å²) in [5.41, 5.74) is 1.13. The van der Waals surface area contributed by atoms with Crippen molar-refractivity contribution in [3.8, 4) is 0 Å². The lowest BCUT2D eigenvalue weighted by Crippen LogP contribution is -2.23. The van der Waals surface area contributed by atoms with Crippen LogP contribution in [0, 0.1) is 12.8 Å². The highest BCUT2D eigenvalue weighted by molar-refractivity contribution is 7.09. The average Bonchev–Trinajstić information content (AvgIpc) is 2.77. The van der Waals surface area contributed by atoms with Crippen molar-refractivity contribution in [2.45, 2.75) is 19.9 Å². The molecule has 1 aromatic heterocycles. The third-order valence-corrected chi connectivity index (χ3v) is 3.50. The van der Waals surface area contributed by atoms with E-state index in [0.717, 1.165) is 24.7 Å². The van der Waals surface area contributed by atoms with Gasteiger partial charge in [0.2, 0.25) is 0 Å². The molecule has 1 unspecified atom stereocenters. The van der Waals surface area contributed by atoms with Crippen LogP contribution in [-0.4, -0.2) is 24.6 Å². The summed E-state index contributed by atoms with van der Waals surface area (Å²) in [6.45, 7) is 6.44. The smallest absolute Gasteiger partial charge is 0.107 e. The number of rotatable bonds is 4. The second kappa shape index (κ2) is 4.87.